The van der Waals surface area contributed by atoms with Gasteiger partial charge in [0.15, 0.2) is 0 Å². The Labute approximate surface area is 188 Å². The molecule has 0 aliphatic heterocycles. The number of fused-ring (bicyclic) bond motifs is 1. The lowest BCUT2D eigenvalue weighted by Gasteiger charge is -2.17. The minimum atomic E-state index is -0.0710. The molecule has 5 heteroatoms. The standard InChI is InChI=1S/C27H28N2O3/c1-18(2)22-14-9-19(3)17-25(22)32-16-15-29-26(20-10-12-21(31-4)13-11-20)28-24-8-6-5-7-23(24)27(29)30/h5-14,17-18H,15-16H2,1-4H3. The summed E-state index contributed by atoms with van der Waals surface area (Å²) < 4.78 is 13.1. The second kappa shape index (κ2) is 9.27. The number of benzene rings is 3. The largest absolute Gasteiger partial charge is 0.497 e. The SMILES string of the molecule is COc1ccc(-c2nc3ccccc3c(=O)n2CCOc2cc(C)ccc2C(C)C)cc1. The maximum absolute atomic E-state index is 13.4. The summed E-state index contributed by atoms with van der Waals surface area (Å²) in [5.74, 6) is 2.60. The summed E-state index contributed by atoms with van der Waals surface area (Å²) in [5, 5.41) is 0.600. The Morgan fingerprint density at radius 3 is 2.47 bits per heavy atom. The zero-order valence-electron chi connectivity index (χ0n) is 19.0. The quantitative estimate of drug-likeness (QED) is 0.385. The Morgan fingerprint density at radius 1 is 1.00 bits per heavy atom. The molecule has 0 fully saturated rings. The molecule has 4 rings (SSSR count). The number of nitrogens with zero attached hydrogens (tertiary/aromatic N) is 2. The van der Waals surface area contributed by atoms with Crippen LogP contribution in [0, 0.1) is 6.92 Å². The number of aromatic nitrogens is 2. The molecule has 0 unspecified atom stereocenters. The summed E-state index contributed by atoms with van der Waals surface area (Å²) >= 11 is 0. The van der Waals surface area contributed by atoms with Crippen LogP contribution in [0.2, 0.25) is 0 Å². The van der Waals surface area contributed by atoms with E-state index < -0.39 is 0 Å². The number of rotatable bonds is 7. The maximum atomic E-state index is 13.4. The first-order valence-electron chi connectivity index (χ1n) is 10.9. The number of aryl methyl sites for hydroxylation is 1. The second-order valence-electron chi connectivity index (χ2n) is 8.18. The van der Waals surface area contributed by atoms with Gasteiger partial charge in [-0.05, 0) is 66.4 Å². The van der Waals surface area contributed by atoms with E-state index in [0.717, 1.165) is 28.2 Å². The summed E-state index contributed by atoms with van der Waals surface area (Å²) in [6, 6.07) is 21.3. The molecule has 0 N–H and O–H groups in total. The van der Waals surface area contributed by atoms with Gasteiger partial charge in [0.2, 0.25) is 0 Å². The molecule has 0 bridgehead atoms. The van der Waals surface area contributed by atoms with Gasteiger partial charge in [-0.2, -0.15) is 0 Å². The summed E-state index contributed by atoms with van der Waals surface area (Å²) in [6.45, 7) is 7.11. The third-order valence-electron chi connectivity index (χ3n) is 5.57. The topological polar surface area (TPSA) is 53.3 Å². The van der Waals surface area contributed by atoms with Crippen LogP contribution in [-0.2, 0) is 6.54 Å². The highest BCUT2D eigenvalue weighted by Crippen LogP contribution is 2.28. The molecule has 0 amide bonds. The van der Waals surface area contributed by atoms with E-state index in [2.05, 4.69) is 39.0 Å². The lowest BCUT2D eigenvalue weighted by molar-refractivity contribution is 0.293. The fourth-order valence-electron chi connectivity index (χ4n) is 3.83. The first-order valence-corrected chi connectivity index (χ1v) is 10.9. The van der Waals surface area contributed by atoms with Gasteiger partial charge in [0, 0.05) is 5.56 Å². The first kappa shape index (κ1) is 21.6. The van der Waals surface area contributed by atoms with Crippen molar-refractivity contribution in [1.29, 1.82) is 0 Å². The maximum Gasteiger partial charge on any atom is 0.261 e. The van der Waals surface area contributed by atoms with Crippen LogP contribution in [0.1, 0.15) is 30.9 Å². The summed E-state index contributed by atoms with van der Waals surface area (Å²) in [4.78, 5) is 18.2. The van der Waals surface area contributed by atoms with Crippen LogP contribution in [0.3, 0.4) is 0 Å². The molecule has 5 nitrogen and oxygen atoms in total. The molecular formula is C27H28N2O3. The van der Waals surface area contributed by atoms with E-state index in [9.17, 15) is 4.79 Å². The fourth-order valence-corrected chi connectivity index (χ4v) is 3.83. The Morgan fingerprint density at radius 2 is 1.75 bits per heavy atom. The molecule has 0 saturated carbocycles. The molecule has 1 heterocycles. The zero-order valence-corrected chi connectivity index (χ0v) is 19.0. The number of hydrogen-bond acceptors (Lipinski definition) is 4. The average molecular weight is 429 g/mol. The van der Waals surface area contributed by atoms with Crippen molar-refractivity contribution < 1.29 is 9.47 Å². The molecule has 0 spiro atoms. The molecule has 0 atom stereocenters. The van der Waals surface area contributed by atoms with Crippen LogP contribution < -0.4 is 15.0 Å². The van der Waals surface area contributed by atoms with Gasteiger partial charge in [0.1, 0.15) is 23.9 Å². The fraction of sp³-hybridized carbons (Fsp3) is 0.259. The normalized spacial score (nSPS) is 11.2. The zero-order chi connectivity index (χ0) is 22.7. The van der Waals surface area contributed by atoms with E-state index in [0.29, 0.717) is 35.8 Å². The first-order chi connectivity index (χ1) is 15.5. The van der Waals surface area contributed by atoms with Gasteiger partial charge in [-0.25, -0.2) is 4.98 Å². The van der Waals surface area contributed by atoms with Gasteiger partial charge in [-0.15, -0.1) is 0 Å². The van der Waals surface area contributed by atoms with E-state index in [1.54, 1.807) is 11.7 Å². The van der Waals surface area contributed by atoms with Crippen LogP contribution >= 0.6 is 0 Å². The number of hydrogen-bond donors (Lipinski definition) is 0. The smallest absolute Gasteiger partial charge is 0.261 e. The molecule has 0 saturated heterocycles. The van der Waals surface area contributed by atoms with Gasteiger partial charge < -0.3 is 9.47 Å². The summed E-state index contributed by atoms with van der Waals surface area (Å²) in [5.41, 5.74) is 3.77. The van der Waals surface area contributed by atoms with E-state index >= 15 is 0 Å². The second-order valence-corrected chi connectivity index (χ2v) is 8.18. The molecule has 1 aromatic heterocycles. The van der Waals surface area contributed by atoms with Gasteiger partial charge in [-0.1, -0.05) is 38.1 Å². The lowest BCUT2D eigenvalue weighted by atomic mass is 10.0. The van der Waals surface area contributed by atoms with Crippen molar-refractivity contribution >= 4 is 10.9 Å². The van der Waals surface area contributed by atoms with E-state index in [1.165, 1.54) is 0 Å². The molecule has 164 valence electrons. The van der Waals surface area contributed by atoms with Crippen LogP contribution in [0.4, 0.5) is 0 Å². The van der Waals surface area contributed by atoms with Crippen molar-refractivity contribution in [3.05, 3.63) is 88.2 Å². The van der Waals surface area contributed by atoms with Crippen LogP contribution in [0.25, 0.3) is 22.3 Å². The monoisotopic (exact) mass is 428 g/mol. The van der Waals surface area contributed by atoms with E-state index in [4.69, 9.17) is 14.5 Å². The summed E-state index contributed by atoms with van der Waals surface area (Å²) in [7, 11) is 1.63. The number of methoxy groups -OCH3 is 1. The summed E-state index contributed by atoms with van der Waals surface area (Å²) in [6.07, 6.45) is 0. The van der Waals surface area contributed by atoms with E-state index in [-0.39, 0.29) is 5.56 Å². The van der Waals surface area contributed by atoms with Crippen molar-refractivity contribution in [2.45, 2.75) is 33.2 Å². The van der Waals surface area contributed by atoms with Gasteiger partial charge in [0.25, 0.3) is 5.56 Å². The molecule has 0 aliphatic rings. The average Bonchev–Trinajstić information content (AvgIpc) is 2.80. The minimum Gasteiger partial charge on any atom is -0.497 e. The highest BCUT2D eigenvalue weighted by Gasteiger charge is 2.14. The van der Waals surface area contributed by atoms with Gasteiger partial charge >= 0.3 is 0 Å². The van der Waals surface area contributed by atoms with Crippen molar-refractivity contribution in [1.82, 2.24) is 9.55 Å². The molecular weight excluding hydrogens is 400 g/mol. The molecule has 0 aliphatic carbocycles. The third-order valence-corrected chi connectivity index (χ3v) is 5.57. The van der Waals surface area contributed by atoms with E-state index in [1.807, 2.05) is 48.5 Å². The van der Waals surface area contributed by atoms with Crippen LogP contribution in [-0.4, -0.2) is 23.3 Å². The van der Waals surface area contributed by atoms with Crippen LogP contribution in [0.5, 0.6) is 11.5 Å². The highest BCUT2D eigenvalue weighted by molar-refractivity contribution is 5.79. The Hall–Kier alpha value is -3.60. The molecule has 32 heavy (non-hydrogen) atoms. The van der Waals surface area contributed by atoms with Crippen molar-refractivity contribution in [3.63, 3.8) is 0 Å². The van der Waals surface area contributed by atoms with Crippen molar-refractivity contribution in [2.24, 2.45) is 0 Å². The molecule has 0 radical (unpaired) electrons. The third kappa shape index (κ3) is 4.37. The highest BCUT2D eigenvalue weighted by atomic mass is 16.5. The Kier molecular flexibility index (Phi) is 6.26. The predicted octanol–water partition coefficient (Wildman–Crippen LogP) is 5.58. The minimum absolute atomic E-state index is 0.0710. The van der Waals surface area contributed by atoms with Crippen molar-refractivity contribution in [3.8, 4) is 22.9 Å². The number of para-hydroxylation sites is 1. The Balaban J connectivity index is 1.71. The van der Waals surface area contributed by atoms with Gasteiger partial charge in [-0.3, -0.25) is 9.36 Å². The lowest BCUT2D eigenvalue weighted by Crippen LogP contribution is -2.26. The Bertz CT molecular complexity index is 1290. The molecule has 3 aromatic carbocycles. The van der Waals surface area contributed by atoms with Crippen LogP contribution in [0.15, 0.2) is 71.5 Å². The van der Waals surface area contributed by atoms with Gasteiger partial charge in [0.05, 0.1) is 24.6 Å². The molecule has 4 aromatic rings. The van der Waals surface area contributed by atoms with Crippen molar-refractivity contribution in [2.75, 3.05) is 13.7 Å². The number of ether oxygens (including phenoxy) is 2. The predicted molar refractivity (Wildman–Crippen MR) is 129 cm³/mol.